The van der Waals surface area contributed by atoms with Gasteiger partial charge in [0.25, 0.3) is 0 Å². The molecule has 0 fully saturated rings. The lowest BCUT2D eigenvalue weighted by Gasteiger charge is -2.30. The van der Waals surface area contributed by atoms with Gasteiger partial charge in [-0.3, -0.25) is 5.10 Å². The lowest BCUT2D eigenvalue weighted by Crippen LogP contribution is -2.22. The fourth-order valence-electron chi connectivity index (χ4n) is 2.36. The predicted octanol–water partition coefficient (Wildman–Crippen LogP) is 2.59. The summed E-state index contributed by atoms with van der Waals surface area (Å²) < 4.78 is 2.80. The summed E-state index contributed by atoms with van der Waals surface area (Å²) in [5.41, 5.74) is 2.94. The molecule has 4 heteroatoms. The van der Waals surface area contributed by atoms with E-state index in [1.165, 1.54) is 11.1 Å². The molecule has 0 radical (unpaired) electrons. The highest BCUT2D eigenvalue weighted by Crippen LogP contribution is 2.35. The molecule has 0 amide bonds. The van der Waals surface area contributed by atoms with E-state index >= 15 is 0 Å². The third-order valence-corrected chi connectivity index (χ3v) is 3.62. The van der Waals surface area contributed by atoms with Crippen LogP contribution in [0.25, 0.3) is 0 Å². The van der Waals surface area contributed by atoms with Gasteiger partial charge in [-0.25, -0.2) is 0 Å². The normalized spacial score (nSPS) is 17.9. The second-order valence-electron chi connectivity index (χ2n) is 4.29. The number of fused-ring (bicyclic) bond motifs is 1. The van der Waals surface area contributed by atoms with E-state index in [4.69, 9.17) is 12.2 Å². The highest BCUT2D eigenvalue weighted by molar-refractivity contribution is 7.71. The standard InChI is InChI=1S/C12H13N3S/c1-8-13-14-12(16)15(8)7-10-6-9-4-2-3-5-11(9)10/h2-5,10H,6-7H2,1H3,(H,14,16). The molecule has 0 aliphatic heterocycles. The van der Waals surface area contributed by atoms with Crippen molar-refractivity contribution in [3.8, 4) is 0 Å². The molecular formula is C12H13N3S. The zero-order valence-electron chi connectivity index (χ0n) is 9.10. The van der Waals surface area contributed by atoms with Crippen molar-refractivity contribution in [2.45, 2.75) is 25.8 Å². The van der Waals surface area contributed by atoms with Gasteiger partial charge in [0.2, 0.25) is 0 Å². The van der Waals surface area contributed by atoms with Crippen molar-refractivity contribution in [3.63, 3.8) is 0 Å². The fraction of sp³-hybridized carbons (Fsp3) is 0.333. The largest absolute Gasteiger partial charge is 0.304 e. The van der Waals surface area contributed by atoms with Crippen LogP contribution in [0.15, 0.2) is 24.3 Å². The number of aromatic nitrogens is 3. The molecule has 1 heterocycles. The Bertz CT molecular complexity index is 582. The monoisotopic (exact) mass is 231 g/mol. The van der Waals surface area contributed by atoms with Crippen LogP contribution < -0.4 is 0 Å². The predicted molar refractivity (Wildman–Crippen MR) is 65.0 cm³/mol. The fourth-order valence-corrected chi connectivity index (χ4v) is 2.61. The molecule has 2 aromatic rings. The van der Waals surface area contributed by atoms with Gasteiger partial charge in [0.05, 0.1) is 0 Å². The maximum Gasteiger partial charge on any atom is 0.195 e. The second kappa shape index (κ2) is 3.56. The molecule has 3 nitrogen and oxygen atoms in total. The van der Waals surface area contributed by atoms with Crippen LogP contribution in [0.2, 0.25) is 0 Å². The molecule has 0 bridgehead atoms. The molecule has 82 valence electrons. The van der Waals surface area contributed by atoms with Crippen molar-refractivity contribution >= 4 is 12.2 Å². The van der Waals surface area contributed by atoms with Crippen LogP contribution in [0.4, 0.5) is 0 Å². The van der Waals surface area contributed by atoms with Crippen LogP contribution in [0, 0.1) is 11.7 Å². The summed E-state index contributed by atoms with van der Waals surface area (Å²) in [6.07, 6.45) is 1.16. The molecule has 16 heavy (non-hydrogen) atoms. The van der Waals surface area contributed by atoms with Gasteiger partial charge in [-0.05, 0) is 36.7 Å². The van der Waals surface area contributed by atoms with Gasteiger partial charge in [-0.1, -0.05) is 24.3 Å². The first-order chi connectivity index (χ1) is 7.75. The van der Waals surface area contributed by atoms with Crippen LogP contribution in [0.5, 0.6) is 0 Å². The maximum atomic E-state index is 5.21. The zero-order valence-corrected chi connectivity index (χ0v) is 9.92. The van der Waals surface area contributed by atoms with Gasteiger partial charge in [0, 0.05) is 12.5 Å². The van der Waals surface area contributed by atoms with E-state index in [0.717, 1.165) is 23.6 Å². The summed E-state index contributed by atoms with van der Waals surface area (Å²) in [6, 6.07) is 8.62. The molecule has 1 N–H and O–H groups in total. The Balaban J connectivity index is 1.87. The minimum atomic E-state index is 0.596. The Morgan fingerprint density at radius 3 is 3.00 bits per heavy atom. The molecule has 1 aliphatic rings. The van der Waals surface area contributed by atoms with Gasteiger partial charge in [0.15, 0.2) is 4.77 Å². The molecule has 1 aliphatic carbocycles. The number of nitrogens with zero attached hydrogens (tertiary/aromatic N) is 2. The van der Waals surface area contributed by atoms with Gasteiger partial charge in [0.1, 0.15) is 5.82 Å². The summed E-state index contributed by atoms with van der Waals surface area (Å²) in [7, 11) is 0. The summed E-state index contributed by atoms with van der Waals surface area (Å²) in [6.45, 7) is 2.93. The molecule has 1 atom stereocenters. The Labute approximate surface area is 99.1 Å². The van der Waals surface area contributed by atoms with Crippen LogP contribution >= 0.6 is 12.2 Å². The lowest BCUT2D eigenvalue weighted by molar-refractivity contribution is 0.497. The average Bonchev–Trinajstić information content (AvgIpc) is 2.56. The third kappa shape index (κ3) is 1.41. The first-order valence-electron chi connectivity index (χ1n) is 5.45. The van der Waals surface area contributed by atoms with Crippen molar-refractivity contribution in [2.75, 3.05) is 0 Å². The van der Waals surface area contributed by atoms with Gasteiger partial charge in [-0.2, -0.15) is 5.10 Å². The first-order valence-corrected chi connectivity index (χ1v) is 5.86. The zero-order chi connectivity index (χ0) is 11.1. The maximum absolute atomic E-state index is 5.21. The Morgan fingerprint density at radius 2 is 2.31 bits per heavy atom. The second-order valence-corrected chi connectivity index (χ2v) is 4.67. The summed E-state index contributed by atoms with van der Waals surface area (Å²) >= 11 is 5.21. The van der Waals surface area contributed by atoms with Crippen molar-refractivity contribution in [3.05, 3.63) is 46.0 Å². The molecule has 0 spiro atoms. The van der Waals surface area contributed by atoms with Crippen molar-refractivity contribution < 1.29 is 0 Å². The number of hydrogen-bond donors (Lipinski definition) is 1. The van der Waals surface area contributed by atoms with E-state index in [0.29, 0.717) is 5.92 Å². The number of aryl methyl sites for hydroxylation is 1. The number of aromatic amines is 1. The highest BCUT2D eigenvalue weighted by atomic mass is 32.1. The molecule has 1 aromatic heterocycles. The van der Waals surface area contributed by atoms with Crippen LogP contribution in [-0.4, -0.2) is 14.8 Å². The van der Waals surface area contributed by atoms with Crippen molar-refractivity contribution in [2.24, 2.45) is 0 Å². The van der Waals surface area contributed by atoms with E-state index in [1.807, 2.05) is 6.92 Å². The van der Waals surface area contributed by atoms with E-state index in [9.17, 15) is 0 Å². The molecular weight excluding hydrogens is 218 g/mol. The van der Waals surface area contributed by atoms with E-state index in [-0.39, 0.29) is 0 Å². The first kappa shape index (κ1) is 9.78. The minimum absolute atomic E-state index is 0.596. The van der Waals surface area contributed by atoms with Gasteiger partial charge < -0.3 is 4.57 Å². The highest BCUT2D eigenvalue weighted by Gasteiger charge is 2.26. The molecule has 3 rings (SSSR count). The summed E-state index contributed by atoms with van der Waals surface area (Å²) in [4.78, 5) is 0. The average molecular weight is 231 g/mol. The Kier molecular flexibility index (Phi) is 2.17. The smallest absolute Gasteiger partial charge is 0.195 e. The summed E-state index contributed by atoms with van der Waals surface area (Å²) in [5, 5.41) is 6.96. The van der Waals surface area contributed by atoms with Crippen molar-refractivity contribution in [1.29, 1.82) is 0 Å². The van der Waals surface area contributed by atoms with Crippen LogP contribution in [-0.2, 0) is 13.0 Å². The minimum Gasteiger partial charge on any atom is -0.304 e. The van der Waals surface area contributed by atoms with E-state index in [2.05, 4.69) is 39.0 Å². The third-order valence-electron chi connectivity index (χ3n) is 3.31. The van der Waals surface area contributed by atoms with E-state index in [1.54, 1.807) is 0 Å². The Morgan fingerprint density at radius 1 is 1.50 bits per heavy atom. The van der Waals surface area contributed by atoms with Crippen molar-refractivity contribution in [1.82, 2.24) is 14.8 Å². The van der Waals surface area contributed by atoms with Crippen LogP contribution in [0.1, 0.15) is 22.9 Å². The van der Waals surface area contributed by atoms with E-state index < -0.39 is 0 Å². The molecule has 1 aromatic carbocycles. The molecule has 0 saturated carbocycles. The number of H-pyrrole nitrogens is 1. The van der Waals surface area contributed by atoms with Crippen LogP contribution in [0.3, 0.4) is 0 Å². The SMILES string of the molecule is Cc1n[nH]c(=S)n1CC1Cc2ccccc21. The number of nitrogens with one attached hydrogen (secondary N) is 1. The summed E-state index contributed by atoms with van der Waals surface area (Å²) in [5.74, 6) is 1.56. The topological polar surface area (TPSA) is 33.6 Å². The lowest BCUT2D eigenvalue weighted by atomic mass is 9.77. The Hall–Kier alpha value is -1.42. The molecule has 1 unspecified atom stereocenters. The number of rotatable bonds is 2. The number of benzene rings is 1. The van der Waals surface area contributed by atoms with Gasteiger partial charge in [-0.15, -0.1) is 0 Å². The quantitative estimate of drug-likeness (QED) is 0.806. The number of hydrogen-bond acceptors (Lipinski definition) is 2. The molecule has 0 saturated heterocycles. The van der Waals surface area contributed by atoms with Gasteiger partial charge >= 0.3 is 0 Å².